The van der Waals surface area contributed by atoms with Crippen LogP contribution in [0.3, 0.4) is 0 Å². The standard InChI is InChI=1S/C23H30N4O5S/c1-17-8-10-20(11-9-17)33(31,32)24-15-19-5-4-13-26(16-19)14-12-23(28)25-21-6-3-7-22(18(21)2)27(29)30/h3,6-11,19,24H,4-5,12-16H2,1-2H3,(H,25,28). The molecule has 3 rings (SSSR count). The van der Waals surface area contributed by atoms with Crippen molar-refractivity contribution in [2.75, 3.05) is 31.5 Å². The van der Waals surface area contributed by atoms with E-state index in [1.165, 1.54) is 6.07 Å². The van der Waals surface area contributed by atoms with Crippen LogP contribution in [0, 0.1) is 29.9 Å². The van der Waals surface area contributed by atoms with Crippen LogP contribution in [0.4, 0.5) is 11.4 Å². The second kappa shape index (κ2) is 10.9. The molecule has 0 aromatic heterocycles. The number of nitro groups is 1. The predicted octanol–water partition coefficient (Wildman–Crippen LogP) is 3.23. The van der Waals surface area contributed by atoms with Gasteiger partial charge in [0.05, 0.1) is 21.1 Å². The summed E-state index contributed by atoms with van der Waals surface area (Å²) in [6, 6.07) is 11.4. The van der Waals surface area contributed by atoms with E-state index in [9.17, 15) is 23.3 Å². The number of carbonyl (C=O) groups excluding carboxylic acids is 1. The first-order valence-electron chi connectivity index (χ1n) is 11.0. The van der Waals surface area contributed by atoms with E-state index >= 15 is 0 Å². The van der Waals surface area contributed by atoms with E-state index in [0.717, 1.165) is 24.9 Å². The number of amides is 1. The summed E-state index contributed by atoms with van der Waals surface area (Å²) in [7, 11) is -3.55. The van der Waals surface area contributed by atoms with Gasteiger partial charge in [0.25, 0.3) is 5.69 Å². The Balaban J connectivity index is 1.48. The molecule has 0 aliphatic carbocycles. The van der Waals surface area contributed by atoms with E-state index in [2.05, 4.69) is 14.9 Å². The maximum atomic E-state index is 12.5. The minimum absolute atomic E-state index is 0.0280. The molecule has 9 nitrogen and oxygen atoms in total. The minimum atomic E-state index is -3.55. The van der Waals surface area contributed by atoms with Gasteiger partial charge in [0.1, 0.15) is 0 Å². The lowest BCUT2D eigenvalue weighted by molar-refractivity contribution is -0.385. The molecule has 1 heterocycles. The summed E-state index contributed by atoms with van der Waals surface area (Å²) >= 11 is 0. The lowest BCUT2D eigenvalue weighted by Crippen LogP contribution is -2.41. The van der Waals surface area contributed by atoms with Gasteiger partial charge in [-0.25, -0.2) is 13.1 Å². The van der Waals surface area contributed by atoms with Crippen molar-refractivity contribution in [3.05, 3.63) is 63.7 Å². The Hall–Kier alpha value is -2.82. The van der Waals surface area contributed by atoms with Crippen molar-refractivity contribution < 1.29 is 18.1 Å². The molecule has 2 aromatic rings. The molecule has 0 radical (unpaired) electrons. The SMILES string of the molecule is Cc1ccc(S(=O)(=O)NCC2CCCN(CCC(=O)Nc3cccc([N+](=O)[O-])c3C)C2)cc1. The van der Waals surface area contributed by atoms with Crippen LogP contribution in [0.25, 0.3) is 0 Å². The first-order valence-corrected chi connectivity index (χ1v) is 12.5. The summed E-state index contributed by atoms with van der Waals surface area (Å²) in [6.45, 7) is 5.98. The fourth-order valence-electron chi connectivity index (χ4n) is 3.98. The van der Waals surface area contributed by atoms with Gasteiger partial charge < -0.3 is 10.2 Å². The van der Waals surface area contributed by atoms with Gasteiger partial charge in [0, 0.05) is 32.1 Å². The smallest absolute Gasteiger partial charge is 0.274 e. The van der Waals surface area contributed by atoms with Gasteiger partial charge in [-0.1, -0.05) is 23.8 Å². The Morgan fingerprint density at radius 3 is 2.61 bits per heavy atom. The summed E-state index contributed by atoms with van der Waals surface area (Å²) in [5.74, 6) is -0.0400. The monoisotopic (exact) mass is 474 g/mol. The number of aryl methyl sites for hydroxylation is 1. The molecule has 1 amide bonds. The van der Waals surface area contributed by atoms with Gasteiger partial charge in [-0.05, 0) is 57.4 Å². The molecule has 2 aromatic carbocycles. The molecular formula is C23H30N4O5S. The average Bonchev–Trinajstić information content (AvgIpc) is 2.78. The zero-order valence-corrected chi connectivity index (χ0v) is 19.7. The van der Waals surface area contributed by atoms with E-state index in [4.69, 9.17) is 0 Å². The van der Waals surface area contributed by atoms with Crippen LogP contribution >= 0.6 is 0 Å². The molecule has 1 fully saturated rings. The van der Waals surface area contributed by atoms with Crippen molar-refractivity contribution in [2.45, 2.75) is 38.0 Å². The molecule has 1 aliphatic heterocycles. The van der Waals surface area contributed by atoms with Gasteiger partial charge in [-0.2, -0.15) is 0 Å². The molecule has 2 N–H and O–H groups in total. The molecule has 1 unspecified atom stereocenters. The van der Waals surface area contributed by atoms with E-state index < -0.39 is 14.9 Å². The van der Waals surface area contributed by atoms with Gasteiger partial charge in [0.2, 0.25) is 15.9 Å². The molecular weight excluding hydrogens is 444 g/mol. The molecule has 1 saturated heterocycles. The van der Waals surface area contributed by atoms with Gasteiger partial charge in [-0.3, -0.25) is 14.9 Å². The van der Waals surface area contributed by atoms with Crippen molar-refractivity contribution in [3.63, 3.8) is 0 Å². The van der Waals surface area contributed by atoms with Crippen molar-refractivity contribution >= 4 is 27.3 Å². The topological polar surface area (TPSA) is 122 Å². The number of likely N-dealkylation sites (tertiary alicyclic amines) is 1. The van der Waals surface area contributed by atoms with Crippen LogP contribution in [0.5, 0.6) is 0 Å². The van der Waals surface area contributed by atoms with Crippen LogP contribution < -0.4 is 10.0 Å². The first kappa shape index (κ1) is 24.8. The average molecular weight is 475 g/mol. The van der Waals surface area contributed by atoms with Crippen LogP contribution in [0.15, 0.2) is 47.4 Å². The summed E-state index contributed by atoms with van der Waals surface area (Å²) < 4.78 is 27.8. The molecule has 0 saturated carbocycles. The lowest BCUT2D eigenvalue weighted by Gasteiger charge is -2.32. The number of sulfonamides is 1. The highest BCUT2D eigenvalue weighted by Crippen LogP contribution is 2.25. The summed E-state index contributed by atoms with van der Waals surface area (Å²) in [4.78, 5) is 25.4. The lowest BCUT2D eigenvalue weighted by atomic mass is 9.98. The quantitative estimate of drug-likeness (QED) is 0.425. The van der Waals surface area contributed by atoms with Gasteiger partial charge in [-0.15, -0.1) is 0 Å². The molecule has 1 atom stereocenters. The van der Waals surface area contributed by atoms with Crippen LogP contribution in [0.2, 0.25) is 0 Å². The Kier molecular flexibility index (Phi) is 8.17. The predicted molar refractivity (Wildman–Crippen MR) is 127 cm³/mol. The third kappa shape index (κ3) is 6.83. The molecule has 10 heteroatoms. The van der Waals surface area contributed by atoms with Crippen LogP contribution in [-0.2, 0) is 14.8 Å². The Morgan fingerprint density at radius 1 is 1.18 bits per heavy atom. The summed E-state index contributed by atoms with van der Waals surface area (Å²) in [5.41, 5.74) is 1.84. The Morgan fingerprint density at radius 2 is 1.91 bits per heavy atom. The maximum absolute atomic E-state index is 12.5. The number of benzene rings is 2. The Bertz CT molecular complexity index is 1100. The number of hydrogen-bond acceptors (Lipinski definition) is 6. The molecule has 178 valence electrons. The minimum Gasteiger partial charge on any atom is -0.326 e. The van der Waals surface area contributed by atoms with Gasteiger partial charge >= 0.3 is 0 Å². The van der Waals surface area contributed by atoms with E-state index in [-0.39, 0.29) is 28.8 Å². The van der Waals surface area contributed by atoms with E-state index in [1.54, 1.807) is 43.3 Å². The third-order valence-corrected chi connectivity index (χ3v) is 7.37. The van der Waals surface area contributed by atoms with E-state index in [1.807, 2.05) is 6.92 Å². The number of carbonyl (C=O) groups is 1. The van der Waals surface area contributed by atoms with Gasteiger partial charge in [0.15, 0.2) is 0 Å². The number of nitrogens with zero attached hydrogens (tertiary/aromatic N) is 2. The molecule has 0 bridgehead atoms. The molecule has 1 aliphatic rings. The molecule has 0 spiro atoms. The highest BCUT2D eigenvalue weighted by atomic mass is 32.2. The Labute approximate surface area is 194 Å². The first-order chi connectivity index (χ1) is 15.7. The normalized spacial score (nSPS) is 17.0. The largest absolute Gasteiger partial charge is 0.326 e. The van der Waals surface area contributed by atoms with Crippen molar-refractivity contribution in [1.82, 2.24) is 9.62 Å². The second-order valence-corrected chi connectivity index (χ2v) is 10.2. The number of hydrogen-bond donors (Lipinski definition) is 2. The van der Waals surface area contributed by atoms with E-state index in [0.29, 0.717) is 30.9 Å². The zero-order chi connectivity index (χ0) is 24.0. The molecule has 33 heavy (non-hydrogen) atoms. The summed E-state index contributed by atoms with van der Waals surface area (Å²) in [6.07, 6.45) is 2.11. The van der Waals surface area contributed by atoms with Crippen molar-refractivity contribution in [2.24, 2.45) is 5.92 Å². The number of anilines is 1. The number of rotatable bonds is 9. The highest BCUT2D eigenvalue weighted by Gasteiger charge is 2.23. The fraction of sp³-hybridized carbons (Fsp3) is 0.435. The van der Waals surface area contributed by atoms with Crippen LogP contribution in [0.1, 0.15) is 30.4 Å². The highest BCUT2D eigenvalue weighted by molar-refractivity contribution is 7.89. The fourth-order valence-corrected chi connectivity index (χ4v) is 5.09. The number of nitro benzene ring substituents is 1. The second-order valence-electron chi connectivity index (χ2n) is 8.48. The van der Waals surface area contributed by atoms with Crippen LogP contribution in [-0.4, -0.2) is 50.3 Å². The maximum Gasteiger partial charge on any atom is 0.274 e. The van der Waals surface area contributed by atoms with Crippen molar-refractivity contribution in [3.8, 4) is 0 Å². The zero-order valence-electron chi connectivity index (χ0n) is 18.9. The number of nitrogens with one attached hydrogen (secondary N) is 2. The number of piperidine rings is 1. The van der Waals surface area contributed by atoms with Crippen molar-refractivity contribution in [1.29, 1.82) is 0 Å². The third-order valence-electron chi connectivity index (χ3n) is 5.93. The summed E-state index contributed by atoms with van der Waals surface area (Å²) in [5, 5.41) is 13.8.